The molecule has 2 heterocycles. The summed E-state index contributed by atoms with van der Waals surface area (Å²) >= 11 is 0. The summed E-state index contributed by atoms with van der Waals surface area (Å²) in [5, 5.41) is 8.19. The van der Waals surface area contributed by atoms with Gasteiger partial charge in [-0.3, -0.25) is 14.4 Å². The molecular weight excluding hydrogens is 405 g/mol. The summed E-state index contributed by atoms with van der Waals surface area (Å²) in [4.78, 5) is 53.4. The van der Waals surface area contributed by atoms with Crippen LogP contribution in [0.1, 0.15) is 37.0 Å². The minimum absolute atomic E-state index is 0.0545. The maximum atomic E-state index is 13.6. The number of halogens is 1. The number of hydrogen-bond acceptors (Lipinski definition) is 4. The first-order valence-corrected chi connectivity index (χ1v) is 10.5. The number of piperidine rings is 1. The average Bonchev–Trinajstić information content (AvgIpc) is 2.74. The van der Waals surface area contributed by atoms with Crippen LogP contribution in [0.2, 0.25) is 0 Å². The van der Waals surface area contributed by atoms with Crippen molar-refractivity contribution in [1.82, 2.24) is 25.8 Å². The molecule has 0 radical (unpaired) electrons. The summed E-state index contributed by atoms with van der Waals surface area (Å²) < 4.78 is 13.6. The van der Waals surface area contributed by atoms with Crippen LogP contribution in [0.3, 0.4) is 0 Å². The number of nitrogens with zero attached hydrogens (tertiary/aromatic N) is 2. The Hall–Kier alpha value is -3.17. The van der Waals surface area contributed by atoms with Gasteiger partial charge in [-0.1, -0.05) is 6.07 Å². The molecule has 10 heteroatoms. The van der Waals surface area contributed by atoms with Gasteiger partial charge in [0, 0.05) is 31.2 Å². The van der Waals surface area contributed by atoms with Crippen LogP contribution in [-0.2, 0) is 9.59 Å². The van der Waals surface area contributed by atoms with Gasteiger partial charge in [-0.2, -0.15) is 0 Å². The number of piperazine rings is 1. The van der Waals surface area contributed by atoms with Crippen LogP contribution in [0.15, 0.2) is 24.3 Å². The first-order valence-electron chi connectivity index (χ1n) is 10.5. The Kier molecular flexibility index (Phi) is 7.09. The van der Waals surface area contributed by atoms with Crippen molar-refractivity contribution in [3.05, 3.63) is 35.6 Å². The monoisotopic (exact) mass is 433 g/mol. The van der Waals surface area contributed by atoms with E-state index < -0.39 is 35.7 Å². The largest absolute Gasteiger partial charge is 0.354 e. The summed E-state index contributed by atoms with van der Waals surface area (Å²) in [6, 6.07) is 3.14. The fourth-order valence-corrected chi connectivity index (χ4v) is 3.75. The van der Waals surface area contributed by atoms with E-state index in [1.807, 2.05) is 13.8 Å². The molecule has 2 aliphatic heterocycles. The topological polar surface area (TPSA) is 111 Å². The van der Waals surface area contributed by atoms with Gasteiger partial charge < -0.3 is 25.8 Å². The number of hydrogen-bond donors (Lipinski definition) is 3. The predicted molar refractivity (Wildman–Crippen MR) is 111 cm³/mol. The SMILES string of the molecule is CC(C)NC(=O)N1CCN(C(=O)c2cccc(F)c2)CC1C(=O)NC1CCCNC1=O. The van der Waals surface area contributed by atoms with Crippen molar-refractivity contribution in [1.29, 1.82) is 0 Å². The second-order valence-corrected chi connectivity index (χ2v) is 8.07. The minimum Gasteiger partial charge on any atom is -0.354 e. The molecule has 5 amide bonds. The van der Waals surface area contributed by atoms with Crippen LogP contribution in [0.4, 0.5) is 9.18 Å². The van der Waals surface area contributed by atoms with Crippen molar-refractivity contribution in [2.75, 3.05) is 26.2 Å². The molecule has 168 valence electrons. The smallest absolute Gasteiger partial charge is 0.318 e. The lowest BCUT2D eigenvalue weighted by atomic mass is 10.0. The zero-order valence-corrected chi connectivity index (χ0v) is 17.7. The zero-order chi connectivity index (χ0) is 22.5. The normalized spacial score (nSPS) is 21.5. The molecule has 31 heavy (non-hydrogen) atoms. The van der Waals surface area contributed by atoms with Gasteiger partial charge in [0.05, 0.1) is 6.54 Å². The van der Waals surface area contributed by atoms with Crippen LogP contribution >= 0.6 is 0 Å². The molecule has 0 saturated carbocycles. The average molecular weight is 433 g/mol. The second-order valence-electron chi connectivity index (χ2n) is 8.07. The maximum absolute atomic E-state index is 13.6. The first kappa shape index (κ1) is 22.5. The summed E-state index contributed by atoms with van der Waals surface area (Å²) in [6.07, 6.45) is 1.25. The Morgan fingerprint density at radius 3 is 2.68 bits per heavy atom. The van der Waals surface area contributed by atoms with Crippen molar-refractivity contribution in [2.24, 2.45) is 0 Å². The molecule has 2 saturated heterocycles. The lowest BCUT2D eigenvalue weighted by molar-refractivity contribution is -0.133. The van der Waals surface area contributed by atoms with Crippen molar-refractivity contribution in [2.45, 2.75) is 44.8 Å². The lowest BCUT2D eigenvalue weighted by Crippen LogP contribution is -2.65. The van der Waals surface area contributed by atoms with Gasteiger partial charge in [-0.25, -0.2) is 9.18 Å². The Morgan fingerprint density at radius 1 is 1.23 bits per heavy atom. The number of rotatable bonds is 4. The maximum Gasteiger partial charge on any atom is 0.318 e. The van der Waals surface area contributed by atoms with Crippen LogP contribution in [-0.4, -0.2) is 77.9 Å². The van der Waals surface area contributed by atoms with Crippen LogP contribution in [0, 0.1) is 5.82 Å². The standard InChI is InChI=1S/C21H28FN5O4/c1-13(2)24-21(31)27-10-9-26(20(30)14-5-3-6-15(22)11-14)12-17(27)19(29)25-16-7-4-8-23-18(16)28/h3,5-6,11,13,16-17H,4,7-10,12H2,1-2H3,(H,23,28)(H,24,31)(H,25,29). The number of amides is 5. The molecule has 3 N–H and O–H groups in total. The van der Waals surface area contributed by atoms with E-state index in [-0.39, 0.29) is 37.1 Å². The first-order chi connectivity index (χ1) is 14.8. The number of benzene rings is 1. The third kappa shape index (κ3) is 5.50. The van der Waals surface area contributed by atoms with Crippen LogP contribution < -0.4 is 16.0 Å². The molecule has 0 spiro atoms. The molecular formula is C21H28FN5O4. The molecule has 2 atom stereocenters. The zero-order valence-electron chi connectivity index (χ0n) is 17.7. The molecule has 2 unspecified atom stereocenters. The summed E-state index contributed by atoms with van der Waals surface area (Å²) in [5.41, 5.74) is 0.172. The van der Waals surface area contributed by atoms with E-state index in [1.54, 1.807) is 0 Å². The third-order valence-corrected chi connectivity index (χ3v) is 5.32. The molecule has 9 nitrogen and oxygen atoms in total. The highest BCUT2D eigenvalue weighted by molar-refractivity contribution is 5.96. The fraction of sp³-hybridized carbons (Fsp3) is 0.524. The van der Waals surface area contributed by atoms with Gasteiger partial charge in [-0.05, 0) is 44.9 Å². The molecule has 2 aliphatic rings. The molecule has 1 aromatic rings. The van der Waals surface area contributed by atoms with Crippen molar-refractivity contribution < 1.29 is 23.6 Å². The Bertz CT molecular complexity index is 862. The Morgan fingerprint density at radius 2 is 2.00 bits per heavy atom. The van der Waals surface area contributed by atoms with E-state index in [2.05, 4.69) is 16.0 Å². The van der Waals surface area contributed by atoms with Gasteiger partial charge >= 0.3 is 6.03 Å². The third-order valence-electron chi connectivity index (χ3n) is 5.32. The van der Waals surface area contributed by atoms with E-state index in [0.29, 0.717) is 13.0 Å². The van der Waals surface area contributed by atoms with Crippen molar-refractivity contribution in [3.63, 3.8) is 0 Å². The second kappa shape index (κ2) is 9.76. The Labute approximate surface area is 180 Å². The number of carbonyl (C=O) groups excluding carboxylic acids is 4. The van der Waals surface area contributed by atoms with E-state index in [9.17, 15) is 23.6 Å². The van der Waals surface area contributed by atoms with Gasteiger partial charge in [0.25, 0.3) is 5.91 Å². The van der Waals surface area contributed by atoms with Crippen LogP contribution in [0.5, 0.6) is 0 Å². The van der Waals surface area contributed by atoms with E-state index in [0.717, 1.165) is 12.5 Å². The molecule has 0 bridgehead atoms. The molecule has 0 aromatic heterocycles. The summed E-state index contributed by atoms with van der Waals surface area (Å²) in [7, 11) is 0. The number of nitrogens with one attached hydrogen (secondary N) is 3. The van der Waals surface area contributed by atoms with Gasteiger partial charge in [0.1, 0.15) is 17.9 Å². The lowest BCUT2D eigenvalue weighted by Gasteiger charge is -2.41. The van der Waals surface area contributed by atoms with Gasteiger partial charge in [-0.15, -0.1) is 0 Å². The highest BCUT2D eigenvalue weighted by Gasteiger charge is 2.39. The molecule has 0 aliphatic carbocycles. The van der Waals surface area contributed by atoms with Crippen molar-refractivity contribution >= 4 is 23.8 Å². The number of urea groups is 1. The van der Waals surface area contributed by atoms with E-state index >= 15 is 0 Å². The van der Waals surface area contributed by atoms with Gasteiger partial charge in [0.2, 0.25) is 11.8 Å². The quantitative estimate of drug-likeness (QED) is 0.641. The van der Waals surface area contributed by atoms with Crippen molar-refractivity contribution in [3.8, 4) is 0 Å². The molecule has 2 fully saturated rings. The Balaban J connectivity index is 1.78. The van der Waals surface area contributed by atoms with E-state index in [4.69, 9.17) is 0 Å². The van der Waals surface area contributed by atoms with E-state index in [1.165, 1.54) is 28.0 Å². The highest BCUT2D eigenvalue weighted by atomic mass is 19.1. The number of carbonyl (C=O) groups is 4. The van der Waals surface area contributed by atoms with Gasteiger partial charge in [0.15, 0.2) is 0 Å². The summed E-state index contributed by atoms with van der Waals surface area (Å²) in [6.45, 7) is 4.46. The highest BCUT2D eigenvalue weighted by Crippen LogP contribution is 2.16. The van der Waals surface area contributed by atoms with Crippen LogP contribution in [0.25, 0.3) is 0 Å². The minimum atomic E-state index is -0.972. The molecule has 1 aromatic carbocycles. The summed E-state index contributed by atoms with van der Waals surface area (Å²) in [5.74, 6) is -1.71. The molecule has 3 rings (SSSR count). The fourth-order valence-electron chi connectivity index (χ4n) is 3.75. The predicted octanol–water partition coefficient (Wildman–Crippen LogP) is 0.465.